The van der Waals surface area contributed by atoms with Gasteiger partial charge in [0.1, 0.15) is 11.9 Å². The number of hydrogen-bond acceptors (Lipinski definition) is 4. The molecule has 6 heteroatoms. The van der Waals surface area contributed by atoms with Crippen molar-refractivity contribution in [3.05, 3.63) is 47.8 Å². The highest BCUT2D eigenvalue weighted by Crippen LogP contribution is 2.33. The molecule has 0 saturated carbocycles. The van der Waals surface area contributed by atoms with Crippen molar-refractivity contribution in [3.63, 3.8) is 0 Å². The number of pyridine rings is 1. The first kappa shape index (κ1) is 15.7. The van der Waals surface area contributed by atoms with E-state index in [9.17, 15) is 4.79 Å². The van der Waals surface area contributed by atoms with Crippen LogP contribution in [0.2, 0.25) is 0 Å². The molecule has 0 aromatic carbocycles. The van der Waals surface area contributed by atoms with Crippen LogP contribution in [0.25, 0.3) is 0 Å². The molecule has 1 saturated heterocycles. The number of ether oxygens (including phenoxy) is 1. The number of carbonyl (C=O) groups is 1. The number of amides is 1. The van der Waals surface area contributed by atoms with E-state index in [2.05, 4.69) is 22.2 Å². The van der Waals surface area contributed by atoms with Gasteiger partial charge in [-0.05, 0) is 37.5 Å². The molecule has 1 fully saturated rings. The average Bonchev–Trinajstić information content (AvgIpc) is 3.21. The highest BCUT2D eigenvalue weighted by Gasteiger charge is 2.37. The fourth-order valence-electron chi connectivity index (χ4n) is 2.97. The highest BCUT2D eigenvalue weighted by molar-refractivity contribution is 5.79. The average molecular weight is 314 g/mol. The van der Waals surface area contributed by atoms with Crippen LogP contribution in [0.1, 0.15) is 36.4 Å². The van der Waals surface area contributed by atoms with Crippen molar-refractivity contribution in [1.29, 1.82) is 0 Å². The van der Waals surface area contributed by atoms with Crippen LogP contribution in [-0.4, -0.2) is 27.0 Å². The van der Waals surface area contributed by atoms with Gasteiger partial charge in [0.25, 0.3) is 0 Å². The normalized spacial score (nSPS) is 20.6. The predicted octanol–water partition coefficient (Wildman–Crippen LogP) is 2.00. The summed E-state index contributed by atoms with van der Waals surface area (Å²) in [5.41, 5.74) is 2.16. The van der Waals surface area contributed by atoms with Gasteiger partial charge in [0.2, 0.25) is 5.91 Å². The Morgan fingerprint density at radius 2 is 2.35 bits per heavy atom. The molecule has 2 aromatic heterocycles. The minimum atomic E-state index is -0.261. The Morgan fingerprint density at radius 1 is 1.48 bits per heavy atom. The molecular formula is C17H22N4O2. The maximum absolute atomic E-state index is 12.6. The number of hydrogen-bond donors (Lipinski definition) is 1. The zero-order chi connectivity index (χ0) is 16.2. The molecule has 2 atom stereocenters. The second kappa shape index (κ2) is 6.91. The van der Waals surface area contributed by atoms with Gasteiger partial charge in [-0.1, -0.05) is 0 Å². The maximum atomic E-state index is 12.6. The molecule has 3 rings (SSSR count). The van der Waals surface area contributed by atoms with E-state index in [1.165, 1.54) is 0 Å². The smallest absolute Gasteiger partial charge is 0.226 e. The Morgan fingerprint density at radius 3 is 3.13 bits per heavy atom. The summed E-state index contributed by atoms with van der Waals surface area (Å²) in [7, 11) is 0. The second-order valence-electron chi connectivity index (χ2n) is 5.78. The minimum absolute atomic E-state index is 0.0226. The van der Waals surface area contributed by atoms with Crippen LogP contribution in [0.5, 0.6) is 0 Å². The lowest BCUT2D eigenvalue weighted by molar-refractivity contribution is -0.127. The molecule has 1 N–H and O–H groups in total. The van der Waals surface area contributed by atoms with Crippen molar-refractivity contribution in [2.24, 2.45) is 5.92 Å². The Balaban J connectivity index is 1.68. The van der Waals surface area contributed by atoms with Gasteiger partial charge in [-0.25, -0.2) is 4.98 Å². The van der Waals surface area contributed by atoms with E-state index in [4.69, 9.17) is 4.74 Å². The van der Waals surface area contributed by atoms with Crippen molar-refractivity contribution >= 4 is 5.91 Å². The first-order valence-electron chi connectivity index (χ1n) is 8.00. The van der Waals surface area contributed by atoms with Gasteiger partial charge in [-0.3, -0.25) is 9.78 Å². The lowest BCUT2D eigenvalue weighted by Gasteiger charge is -2.19. The minimum Gasteiger partial charge on any atom is -0.369 e. The molecule has 3 heterocycles. The lowest BCUT2D eigenvalue weighted by Crippen LogP contribution is -2.32. The summed E-state index contributed by atoms with van der Waals surface area (Å²) in [5, 5.41) is 3.03. The van der Waals surface area contributed by atoms with E-state index in [-0.39, 0.29) is 17.9 Å². The number of rotatable bonds is 5. The molecule has 0 aliphatic carbocycles. The molecular weight excluding hydrogens is 292 g/mol. The van der Waals surface area contributed by atoms with Crippen LogP contribution < -0.4 is 5.32 Å². The number of nitrogens with zero attached hydrogens (tertiary/aromatic N) is 3. The molecule has 0 bridgehead atoms. The van der Waals surface area contributed by atoms with Crippen molar-refractivity contribution in [2.75, 3.05) is 6.61 Å². The number of carbonyl (C=O) groups excluding carboxylic acids is 1. The molecule has 0 spiro atoms. The Bertz CT molecular complexity index is 683. The third-order valence-electron chi connectivity index (χ3n) is 4.36. The number of aromatic nitrogens is 3. The van der Waals surface area contributed by atoms with Gasteiger partial charge in [-0.15, -0.1) is 0 Å². The highest BCUT2D eigenvalue weighted by atomic mass is 16.5. The van der Waals surface area contributed by atoms with Gasteiger partial charge in [-0.2, -0.15) is 0 Å². The zero-order valence-corrected chi connectivity index (χ0v) is 13.5. The van der Waals surface area contributed by atoms with Crippen molar-refractivity contribution in [1.82, 2.24) is 19.9 Å². The largest absolute Gasteiger partial charge is 0.369 e. The van der Waals surface area contributed by atoms with E-state index in [1.807, 2.05) is 23.8 Å². The third kappa shape index (κ3) is 3.27. The Labute approximate surface area is 135 Å². The van der Waals surface area contributed by atoms with E-state index in [0.717, 1.165) is 29.9 Å². The molecule has 122 valence electrons. The first-order chi connectivity index (χ1) is 11.2. The van der Waals surface area contributed by atoms with Gasteiger partial charge in [0.15, 0.2) is 0 Å². The molecule has 23 heavy (non-hydrogen) atoms. The van der Waals surface area contributed by atoms with Crippen LogP contribution in [0.3, 0.4) is 0 Å². The third-order valence-corrected chi connectivity index (χ3v) is 4.36. The van der Waals surface area contributed by atoms with Crippen molar-refractivity contribution in [2.45, 2.75) is 39.5 Å². The molecule has 1 amide bonds. The Kier molecular flexibility index (Phi) is 4.71. The van der Waals surface area contributed by atoms with Crippen LogP contribution in [-0.2, 0) is 22.6 Å². The summed E-state index contributed by atoms with van der Waals surface area (Å²) in [6, 6.07) is 1.93. The van der Waals surface area contributed by atoms with Crippen molar-refractivity contribution in [3.8, 4) is 0 Å². The molecule has 1 aliphatic rings. The van der Waals surface area contributed by atoms with E-state index in [0.29, 0.717) is 13.2 Å². The lowest BCUT2D eigenvalue weighted by atomic mass is 9.99. The van der Waals surface area contributed by atoms with Gasteiger partial charge >= 0.3 is 0 Å². The van der Waals surface area contributed by atoms with Crippen LogP contribution in [0.4, 0.5) is 0 Å². The second-order valence-corrected chi connectivity index (χ2v) is 5.78. The van der Waals surface area contributed by atoms with Gasteiger partial charge < -0.3 is 14.6 Å². The monoisotopic (exact) mass is 314 g/mol. The maximum Gasteiger partial charge on any atom is 0.226 e. The SMILES string of the molecule is CCn1ccnc1[C@@H]1OCC[C@H]1C(=O)NCc1ccncc1C. The van der Waals surface area contributed by atoms with Crippen LogP contribution >= 0.6 is 0 Å². The predicted molar refractivity (Wildman–Crippen MR) is 85.5 cm³/mol. The van der Waals surface area contributed by atoms with Gasteiger partial charge in [0.05, 0.1) is 5.92 Å². The van der Waals surface area contributed by atoms with E-state index in [1.54, 1.807) is 18.6 Å². The summed E-state index contributed by atoms with van der Waals surface area (Å²) in [6.07, 6.45) is 7.70. The standard InChI is InChI=1S/C17H22N4O2/c1-3-21-8-7-19-16(21)15-14(5-9-23-15)17(22)20-11-13-4-6-18-10-12(13)2/h4,6-8,10,14-15H,3,5,9,11H2,1-2H3,(H,20,22)/t14-,15-/m1/s1. The number of nitrogens with one attached hydrogen (secondary N) is 1. The topological polar surface area (TPSA) is 69.0 Å². The summed E-state index contributed by atoms with van der Waals surface area (Å²) < 4.78 is 7.83. The fraction of sp³-hybridized carbons (Fsp3) is 0.471. The number of aryl methyl sites for hydroxylation is 2. The van der Waals surface area contributed by atoms with E-state index < -0.39 is 0 Å². The Hall–Kier alpha value is -2.21. The molecule has 6 nitrogen and oxygen atoms in total. The van der Waals surface area contributed by atoms with Gasteiger partial charge in [0, 0.05) is 44.5 Å². The summed E-state index contributed by atoms with van der Waals surface area (Å²) >= 11 is 0. The first-order valence-corrected chi connectivity index (χ1v) is 8.00. The quantitative estimate of drug-likeness (QED) is 0.916. The zero-order valence-electron chi connectivity index (χ0n) is 13.5. The molecule has 0 unspecified atom stereocenters. The fourth-order valence-corrected chi connectivity index (χ4v) is 2.97. The van der Waals surface area contributed by atoms with E-state index >= 15 is 0 Å². The number of imidazole rings is 1. The molecule has 2 aromatic rings. The molecule has 0 radical (unpaired) electrons. The van der Waals surface area contributed by atoms with Crippen LogP contribution in [0.15, 0.2) is 30.9 Å². The van der Waals surface area contributed by atoms with Crippen LogP contribution in [0, 0.1) is 12.8 Å². The summed E-state index contributed by atoms with van der Waals surface area (Å²) in [4.78, 5) is 21.0. The molecule has 1 aliphatic heterocycles. The summed E-state index contributed by atoms with van der Waals surface area (Å²) in [6.45, 7) is 5.97. The van der Waals surface area contributed by atoms with Crippen molar-refractivity contribution < 1.29 is 9.53 Å². The summed E-state index contributed by atoms with van der Waals surface area (Å²) in [5.74, 6) is 0.671.